The van der Waals surface area contributed by atoms with E-state index in [0.29, 0.717) is 12.5 Å². The van der Waals surface area contributed by atoms with Gasteiger partial charge in [0.25, 0.3) is 5.91 Å². The van der Waals surface area contributed by atoms with E-state index in [-0.39, 0.29) is 11.4 Å². The molecule has 31 heavy (non-hydrogen) atoms. The van der Waals surface area contributed by atoms with Crippen molar-refractivity contribution in [3.63, 3.8) is 0 Å². The lowest BCUT2D eigenvalue weighted by Gasteiger charge is -2.56. The molecule has 1 amide bonds. The quantitative estimate of drug-likeness (QED) is 0.591. The fourth-order valence-electron chi connectivity index (χ4n) is 6.84. The van der Waals surface area contributed by atoms with Crippen molar-refractivity contribution in [2.75, 3.05) is 0 Å². The molecule has 4 fully saturated rings. The molecule has 2 aromatic carbocycles. The molecule has 2 aromatic rings. The van der Waals surface area contributed by atoms with E-state index in [1.54, 1.807) is 0 Å². The maximum atomic E-state index is 13.4. The van der Waals surface area contributed by atoms with Crippen LogP contribution in [0, 0.1) is 24.7 Å². The molecule has 4 saturated carbocycles. The maximum Gasteiger partial charge on any atom is 0.252 e. The summed E-state index contributed by atoms with van der Waals surface area (Å²) in [6.07, 6.45) is 7.66. The van der Waals surface area contributed by atoms with Crippen LogP contribution in [0.3, 0.4) is 0 Å². The molecule has 3 heteroatoms. The fraction of sp³-hybridized carbons (Fsp3) is 0.536. The minimum absolute atomic E-state index is 0.0289. The molecule has 0 heterocycles. The molecule has 0 aliphatic heterocycles. The number of benzene rings is 2. The Labute approximate surface area is 186 Å². The highest BCUT2D eigenvalue weighted by molar-refractivity contribution is 5.96. The van der Waals surface area contributed by atoms with Gasteiger partial charge in [0.1, 0.15) is 12.4 Å². The van der Waals surface area contributed by atoms with E-state index in [4.69, 9.17) is 4.74 Å². The third-order valence-electron chi connectivity index (χ3n) is 7.85. The van der Waals surface area contributed by atoms with Crippen molar-refractivity contribution >= 4 is 5.91 Å². The van der Waals surface area contributed by atoms with Crippen molar-refractivity contribution in [2.45, 2.75) is 77.4 Å². The van der Waals surface area contributed by atoms with Crippen LogP contribution in [-0.4, -0.2) is 11.4 Å². The van der Waals surface area contributed by atoms with E-state index < -0.39 is 0 Å². The number of ether oxygens (including phenoxy) is 1. The SMILES string of the molecule is Cc1ccc(C(C)C)c(OCc2ccccc2C(=O)NC23CC4CC(CC(C4)C2)C3)c1. The van der Waals surface area contributed by atoms with Gasteiger partial charge in [0.2, 0.25) is 0 Å². The van der Waals surface area contributed by atoms with Gasteiger partial charge in [-0.15, -0.1) is 0 Å². The Morgan fingerprint density at radius 2 is 1.68 bits per heavy atom. The molecule has 1 N–H and O–H groups in total. The Balaban J connectivity index is 1.33. The van der Waals surface area contributed by atoms with Crippen LogP contribution in [0.25, 0.3) is 0 Å². The van der Waals surface area contributed by atoms with Crippen LogP contribution in [0.2, 0.25) is 0 Å². The topological polar surface area (TPSA) is 38.3 Å². The predicted octanol–water partition coefficient (Wildman–Crippen LogP) is 6.40. The second kappa shape index (κ2) is 8.00. The smallest absolute Gasteiger partial charge is 0.252 e. The first kappa shape index (κ1) is 20.6. The third-order valence-corrected chi connectivity index (χ3v) is 7.85. The molecule has 3 nitrogen and oxygen atoms in total. The molecular weight excluding hydrogens is 382 g/mol. The number of amides is 1. The van der Waals surface area contributed by atoms with Gasteiger partial charge in [-0.1, -0.05) is 44.2 Å². The zero-order valence-electron chi connectivity index (χ0n) is 19.1. The minimum Gasteiger partial charge on any atom is -0.489 e. The summed E-state index contributed by atoms with van der Waals surface area (Å²) in [7, 11) is 0. The van der Waals surface area contributed by atoms with Crippen LogP contribution in [0.4, 0.5) is 0 Å². The van der Waals surface area contributed by atoms with Crippen molar-refractivity contribution in [3.05, 3.63) is 64.7 Å². The molecule has 0 unspecified atom stereocenters. The number of aryl methyl sites for hydroxylation is 1. The van der Waals surface area contributed by atoms with E-state index in [1.807, 2.05) is 24.3 Å². The molecule has 0 saturated heterocycles. The van der Waals surface area contributed by atoms with Crippen LogP contribution in [0.1, 0.15) is 85.3 Å². The summed E-state index contributed by atoms with van der Waals surface area (Å²) >= 11 is 0. The molecule has 4 aliphatic rings. The van der Waals surface area contributed by atoms with Crippen molar-refractivity contribution in [1.82, 2.24) is 5.32 Å². The summed E-state index contributed by atoms with van der Waals surface area (Å²) in [4.78, 5) is 13.4. The Morgan fingerprint density at radius 1 is 1.03 bits per heavy atom. The van der Waals surface area contributed by atoms with Crippen LogP contribution >= 0.6 is 0 Å². The molecule has 0 aromatic heterocycles. The van der Waals surface area contributed by atoms with E-state index >= 15 is 0 Å². The summed E-state index contributed by atoms with van der Waals surface area (Å²) in [6, 6.07) is 14.3. The highest BCUT2D eigenvalue weighted by Crippen LogP contribution is 2.55. The zero-order valence-corrected chi connectivity index (χ0v) is 19.1. The van der Waals surface area contributed by atoms with Crippen molar-refractivity contribution < 1.29 is 9.53 Å². The first-order chi connectivity index (χ1) is 14.9. The van der Waals surface area contributed by atoms with E-state index in [2.05, 4.69) is 44.3 Å². The molecule has 4 bridgehead atoms. The Hall–Kier alpha value is -2.29. The summed E-state index contributed by atoms with van der Waals surface area (Å²) in [6.45, 7) is 6.87. The van der Waals surface area contributed by atoms with E-state index in [1.165, 1.54) is 49.7 Å². The summed E-state index contributed by atoms with van der Waals surface area (Å²) < 4.78 is 6.27. The normalized spacial score (nSPS) is 28.7. The summed E-state index contributed by atoms with van der Waals surface area (Å²) in [5, 5.41) is 3.52. The van der Waals surface area contributed by atoms with Crippen LogP contribution in [0.15, 0.2) is 42.5 Å². The second-order valence-electron chi connectivity index (χ2n) is 10.8. The molecular formula is C28H35NO2. The van der Waals surface area contributed by atoms with Gasteiger partial charge in [-0.25, -0.2) is 0 Å². The van der Waals surface area contributed by atoms with Crippen LogP contribution < -0.4 is 10.1 Å². The van der Waals surface area contributed by atoms with Gasteiger partial charge in [0, 0.05) is 16.7 Å². The first-order valence-electron chi connectivity index (χ1n) is 12.0. The van der Waals surface area contributed by atoms with Crippen molar-refractivity contribution in [1.29, 1.82) is 0 Å². The lowest BCUT2D eigenvalue weighted by Crippen LogP contribution is -2.59. The van der Waals surface area contributed by atoms with Gasteiger partial charge in [-0.3, -0.25) is 4.79 Å². The van der Waals surface area contributed by atoms with Crippen LogP contribution in [0.5, 0.6) is 5.75 Å². The van der Waals surface area contributed by atoms with Gasteiger partial charge in [-0.2, -0.15) is 0 Å². The Bertz CT molecular complexity index is 941. The van der Waals surface area contributed by atoms with Gasteiger partial charge in [0.15, 0.2) is 0 Å². The Kier molecular flexibility index (Phi) is 5.32. The number of carbonyl (C=O) groups is 1. The molecule has 164 valence electrons. The monoisotopic (exact) mass is 417 g/mol. The highest BCUT2D eigenvalue weighted by atomic mass is 16.5. The minimum atomic E-state index is 0.0289. The van der Waals surface area contributed by atoms with Crippen molar-refractivity contribution in [2.24, 2.45) is 17.8 Å². The van der Waals surface area contributed by atoms with Gasteiger partial charge < -0.3 is 10.1 Å². The largest absolute Gasteiger partial charge is 0.489 e. The van der Waals surface area contributed by atoms with Gasteiger partial charge in [0.05, 0.1) is 0 Å². The number of nitrogens with one attached hydrogen (secondary N) is 1. The average molecular weight is 418 g/mol. The van der Waals surface area contributed by atoms with Gasteiger partial charge in [-0.05, 0) is 92.4 Å². The van der Waals surface area contributed by atoms with Gasteiger partial charge >= 0.3 is 0 Å². The molecule has 0 radical (unpaired) electrons. The standard InChI is InChI=1S/C28H35NO2/c1-18(2)24-9-8-19(3)10-26(24)31-17-23-6-4-5-7-25(23)27(30)29-28-14-20-11-21(15-28)13-22(12-20)16-28/h4-10,18,20-22H,11-17H2,1-3H3,(H,29,30). The number of rotatable bonds is 6. The maximum absolute atomic E-state index is 13.4. The number of hydrogen-bond donors (Lipinski definition) is 1. The Morgan fingerprint density at radius 3 is 2.32 bits per heavy atom. The summed E-state index contributed by atoms with van der Waals surface area (Å²) in [5.41, 5.74) is 4.15. The number of hydrogen-bond acceptors (Lipinski definition) is 2. The fourth-order valence-corrected chi connectivity index (χ4v) is 6.84. The third kappa shape index (κ3) is 4.12. The number of carbonyl (C=O) groups excluding carboxylic acids is 1. The predicted molar refractivity (Wildman–Crippen MR) is 124 cm³/mol. The molecule has 0 atom stereocenters. The summed E-state index contributed by atoms with van der Waals surface area (Å²) in [5.74, 6) is 3.86. The lowest BCUT2D eigenvalue weighted by atomic mass is 9.53. The first-order valence-corrected chi connectivity index (χ1v) is 12.0. The van der Waals surface area contributed by atoms with Crippen molar-refractivity contribution in [3.8, 4) is 5.75 Å². The van der Waals surface area contributed by atoms with Crippen LogP contribution in [-0.2, 0) is 6.61 Å². The molecule has 4 aliphatic carbocycles. The molecule has 6 rings (SSSR count). The highest BCUT2D eigenvalue weighted by Gasteiger charge is 2.51. The van der Waals surface area contributed by atoms with E-state index in [9.17, 15) is 4.79 Å². The lowest BCUT2D eigenvalue weighted by molar-refractivity contribution is -0.0167. The second-order valence-corrected chi connectivity index (χ2v) is 10.8. The van der Waals surface area contributed by atoms with E-state index in [0.717, 1.165) is 34.6 Å². The average Bonchev–Trinajstić information content (AvgIpc) is 2.71. The zero-order chi connectivity index (χ0) is 21.6. The molecule has 0 spiro atoms.